The summed E-state index contributed by atoms with van der Waals surface area (Å²) in [5, 5.41) is 18.1. The van der Waals surface area contributed by atoms with Crippen molar-refractivity contribution >= 4 is 61.1 Å². The van der Waals surface area contributed by atoms with Crippen LogP contribution in [0.3, 0.4) is 0 Å². The van der Waals surface area contributed by atoms with Crippen LogP contribution in [0.1, 0.15) is 21.7 Å². The zero-order valence-corrected chi connectivity index (χ0v) is 22.6. The van der Waals surface area contributed by atoms with Gasteiger partial charge in [-0.25, -0.2) is 4.98 Å². The molecule has 0 saturated carbocycles. The summed E-state index contributed by atoms with van der Waals surface area (Å²) in [4.78, 5) is 14.2. The molecule has 0 radical (unpaired) electrons. The lowest BCUT2D eigenvalue weighted by Gasteiger charge is -2.15. The molecule has 0 bridgehead atoms. The van der Waals surface area contributed by atoms with Crippen molar-refractivity contribution < 1.29 is 0 Å². The van der Waals surface area contributed by atoms with Crippen molar-refractivity contribution in [3.8, 4) is 16.5 Å². The van der Waals surface area contributed by atoms with Gasteiger partial charge in [0.2, 0.25) is 0 Å². The van der Waals surface area contributed by atoms with E-state index in [1.165, 1.54) is 9.75 Å². The molecule has 0 saturated heterocycles. The van der Waals surface area contributed by atoms with Crippen LogP contribution >= 0.6 is 38.9 Å². The van der Waals surface area contributed by atoms with E-state index in [4.69, 9.17) is 11.6 Å². The summed E-state index contributed by atoms with van der Waals surface area (Å²) in [6.45, 7) is 3.66. The molecule has 36 heavy (non-hydrogen) atoms. The number of imidazole rings is 1. The molecule has 3 aromatic heterocycles. The van der Waals surface area contributed by atoms with Gasteiger partial charge in [-0.05, 0) is 48.4 Å². The number of halogens is 2. The lowest BCUT2D eigenvalue weighted by Crippen LogP contribution is -2.16. The average Bonchev–Trinajstić information content (AvgIpc) is 3.56. The second kappa shape index (κ2) is 10.8. The number of benzene rings is 2. The zero-order chi connectivity index (χ0) is 25.1. The lowest BCUT2D eigenvalue weighted by molar-refractivity contribution is 0.687. The van der Waals surface area contributed by atoms with E-state index in [1.807, 2.05) is 31.3 Å². The van der Waals surface area contributed by atoms with E-state index >= 15 is 0 Å². The van der Waals surface area contributed by atoms with E-state index in [2.05, 4.69) is 71.9 Å². The van der Waals surface area contributed by atoms with Crippen molar-refractivity contribution in [1.82, 2.24) is 20.3 Å². The Morgan fingerprint density at radius 2 is 2.03 bits per heavy atom. The molecule has 0 spiro atoms. The van der Waals surface area contributed by atoms with Gasteiger partial charge in [-0.1, -0.05) is 39.7 Å². The summed E-state index contributed by atoms with van der Waals surface area (Å²) in [5.41, 5.74) is 5.88. The first-order chi connectivity index (χ1) is 17.5. The monoisotopic (exact) mass is 576 g/mol. The van der Waals surface area contributed by atoms with Crippen LogP contribution in [0.2, 0.25) is 5.02 Å². The van der Waals surface area contributed by atoms with Gasteiger partial charge in [0, 0.05) is 51.5 Å². The Labute approximate surface area is 226 Å². The molecule has 0 aliphatic heterocycles. The number of pyridine rings is 1. The number of rotatable bonds is 8. The minimum absolute atomic E-state index is 0.466. The molecular formula is C27H22BrClN6S. The number of hydrogen-bond acceptors (Lipinski definition) is 6. The highest BCUT2D eigenvalue weighted by Crippen LogP contribution is 2.37. The van der Waals surface area contributed by atoms with Crippen LogP contribution in [0.25, 0.3) is 21.3 Å². The van der Waals surface area contributed by atoms with Gasteiger partial charge in [0.05, 0.1) is 39.5 Å². The van der Waals surface area contributed by atoms with Crippen LogP contribution in [0.4, 0.5) is 11.4 Å². The second-order valence-electron chi connectivity index (χ2n) is 8.35. The average molecular weight is 578 g/mol. The molecule has 9 heteroatoms. The number of fused-ring (bicyclic) bond motifs is 1. The van der Waals surface area contributed by atoms with Crippen molar-refractivity contribution in [3.05, 3.63) is 92.4 Å². The molecule has 5 aromatic rings. The van der Waals surface area contributed by atoms with Crippen LogP contribution in [-0.4, -0.2) is 21.5 Å². The third kappa shape index (κ3) is 5.30. The fourth-order valence-electron chi connectivity index (χ4n) is 4.04. The number of nitriles is 1. The van der Waals surface area contributed by atoms with Crippen LogP contribution in [0.15, 0.2) is 65.7 Å². The van der Waals surface area contributed by atoms with Crippen molar-refractivity contribution in [3.63, 3.8) is 0 Å². The summed E-state index contributed by atoms with van der Waals surface area (Å²) in [6.07, 6.45) is 6.13. The van der Waals surface area contributed by atoms with Crippen LogP contribution < -0.4 is 10.6 Å². The van der Waals surface area contributed by atoms with E-state index in [1.54, 1.807) is 23.9 Å². The normalized spacial score (nSPS) is 11.1. The van der Waals surface area contributed by atoms with Gasteiger partial charge in [0.15, 0.2) is 0 Å². The second-order valence-corrected chi connectivity index (χ2v) is 10.8. The van der Waals surface area contributed by atoms with Gasteiger partial charge in [-0.2, -0.15) is 5.26 Å². The number of nitrogens with one attached hydrogen (secondary N) is 3. The number of nitrogens with zero attached hydrogens (tertiary/aromatic N) is 3. The third-order valence-corrected chi connectivity index (χ3v) is 7.74. The van der Waals surface area contributed by atoms with Crippen molar-refractivity contribution in [1.29, 1.82) is 5.26 Å². The predicted octanol–water partition coefficient (Wildman–Crippen LogP) is 7.36. The fraction of sp³-hybridized carbons (Fsp3) is 0.148. The molecule has 0 atom stereocenters. The Kier molecular flexibility index (Phi) is 7.35. The van der Waals surface area contributed by atoms with Gasteiger partial charge in [0.1, 0.15) is 6.07 Å². The van der Waals surface area contributed by atoms with Gasteiger partial charge >= 0.3 is 0 Å². The first-order valence-electron chi connectivity index (χ1n) is 11.3. The van der Waals surface area contributed by atoms with E-state index in [-0.39, 0.29) is 0 Å². The summed E-state index contributed by atoms with van der Waals surface area (Å²) < 4.78 is 0.906. The maximum Gasteiger partial charge on any atom is 0.103 e. The van der Waals surface area contributed by atoms with Gasteiger partial charge in [-0.3, -0.25) is 4.98 Å². The molecule has 0 aliphatic rings. The molecule has 0 aliphatic carbocycles. The Hall–Kier alpha value is -3.22. The minimum Gasteiger partial charge on any atom is -0.352 e. The SMILES string of the molecule is Cc1cc(Br)cc(Cl)c1Nc1c(C#N)cnc2cc(-c3ccc(CNCCc4c[nH]cn4)s3)ccc12. The summed E-state index contributed by atoms with van der Waals surface area (Å²) in [6, 6.07) is 16.5. The maximum absolute atomic E-state index is 9.74. The third-order valence-electron chi connectivity index (χ3n) is 5.85. The molecule has 0 amide bonds. The lowest BCUT2D eigenvalue weighted by atomic mass is 10.1. The Morgan fingerprint density at radius 3 is 2.81 bits per heavy atom. The fourth-order valence-corrected chi connectivity index (χ4v) is 6.03. The quantitative estimate of drug-likeness (QED) is 0.168. The standard InChI is InChI=1S/C27H22BrClN6S/c1-16-8-19(28)10-23(29)26(16)35-27-18(11-30)12-33-24-9-17(2-4-22(24)27)25-5-3-21(36-25)14-31-7-6-20-13-32-15-34-20/h2-5,8-10,12-13,15,31H,6-7,14H2,1H3,(H,32,34)(H,33,35). The Balaban J connectivity index is 1.37. The molecular weight excluding hydrogens is 556 g/mol. The van der Waals surface area contributed by atoms with Crippen molar-refractivity contribution in [2.75, 3.05) is 11.9 Å². The summed E-state index contributed by atoms with van der Waals surface area (Å²) >= 11 is 11.7. The summed E-state index contributed by atoms with van der Waals surface area (Å²) in [7, 11) is 0. The van der Waals surface area contributed by atoms with Gasteiger partial charge in [-0.15, -0.1) is 11.3 Å². The number of aromatic nitrogens is 3. The van der Waals surface area contributed by atoms with Crippen molar-refractivity contribution in [2.45, 2.75) is 19.9 Å². The van der Waals surface area contributed by atoms with Crippen molar-refractivity contribution in [2.24, 2.45) is 0 Å². The topological polar surface area (TPSA) is 89.4 Å². The molecule has 6 nitrogen and oxygen atoms in total. The first kappa shape index (κ1) is 24.5. The van der Waals surface area contributed by atoms with Gasteiger partial charge < -0.3 is 15.6 Å². The highest BCUT2D eigenvalue weighted by Gasteiger charge is 2.14. The van der Waals surface area contributed by atoms with Crippen LogP contribution in [0, 0.1) is 18.3 Å². The highest BCUT2D eigenvalue weighted by molar-refractivity contribution is 9.10. The minimum atomic E-state index is 0.466. The molecule has 3 heterocycles. The molecule has 2 aromatic carbocycles. The number of aromatic amines is 1. The summed E-state index contributed by atoms with van der Waals surface area (Å²) in [5.74, 6) is 0. The van der Waals surface area contributed by atoms with E-state index in [9.17, 15) is 5.26 Å². The van der Waals surface area contributed by atoms with E-state index < -0.39 is 0 Å². The number of thiophene rings is 1. The number of H-pyrrole nitrogens is 1. The molecule has 180 valence electrons. The predicted molar refractivity (Wildman–Crippen MR) is 151 cm³/mol. The number of aryl methyl sites for hydroxylation is 1. The number of anilines is 2. The Morgan fingerprint density at radius 1 is 1.14 bits per heavy atom. The van der Waals surface area contributed by atoms with E-state index in [0.717, 1.165) is 57.4 Å². The largest absolute Gasteiger partial charge is 0.352 e. The Bertz CT molecular complexity index is 1550. The smallest absolute Gasteiger partial charge is 0.103 e. The van der Waals surface area contributed by atoms with Crippen LogP contribution in [-0.2, 0) is 13.0 Å². The van der Waals surface area contributed by atoms with Gasteiger partial charge in [0.25, 0.3) is 0 Å². The number of hydrogen-bond donors (Lipinski definition) is 3. The van der Waals surface area contributed by atoms with Crippen LogP contribution in [0.5, 0.6) is 0 Å². The molecule has 0 unspecified atom stereocenters. The first-order valence-corrected chi connectivity index (χ1v) is 13.3. The molecule has 3 N–H and O–H groups in total. The molecule has 5 rings (SSSR count). The van der Waals surface area contributed by atoms with E-state index in [0.29, 0.717) is 16.3 Å². The zero-order valence-electron chi connectivity index (χ0n) is 19.4. The maximum atomic E-state index is 9.74. The molecule has 0 fully saturated rings. The highest BCUT2D eigenvalue weighted by atomic mass is 79.9.